The summed E-state index contributed by atoms with van der Waals surface area (Å²) >= 11 is 12.0. The van der Waals surface area contributed by atoms with Crippen LogP contribution in [0.1, 0.15) is 5.82 Å². The third-order valence-corrected chi connectivity index (χ3v) is 2.38. The van der Waals surface area contributed by atoms with Gasteiger partial charge in [-0.05, 0) is 19.1 Å². The number of hydrogen-bond acceptors (Lipinski definition) is 2. The number of nitrogens with zero attached hydrogens (tertiary/aromatic N) is 3. The minimum atomic E-state index is 0.558. The zero-order valence-corrected chi connectivity index (χ0v) is 8.92. The summed E-state index contributed by atoms with van der Waals surface area (Å²) in [5, 5.41) is 5.25. The van der Waals surface area contributed by atoms with Gasteiger partial charge in [0.05, 0.1) is 10.0 Å². The summed E-state index contributed by atoms with van der Waals surface area (Å²) in [5.74, 6) is 0.681. The average molecular weight is 228 g/mol. The molecule has 1 aromatic carbocycles. The van der Waals surface area contributed by atoms with Gasteiger partial charge in [0.2, 0.25) is 0 Å². The van der Waals surface area contributed by atoms with Crippen LogP contribution in [0, 0.1) is 6.92 Å². The molecule has 5 heteroatoms. The molecule has 2 aromatic rings. The van der Waals surface area contributed by atoms with Gasteiger partial charge in [0.25, 0.3) is 0 Å². The van der Waals surface area contributed by atoms with Gasteiger partial charge in [0, 0.05) is 0 Å². The van der Waals surface area contributed by atoms with Crippen LogP contribution in [-0.4, -0.2) is 14.8 Å². The lowest BCUT2D eigenvalue weighted by Gasteiger charge is -2.04. The van der Waals surface area contributed by atoms with Crippen molar-refractivity contribution in [3.05, 3.63) is 40.4 Å². The van der Waals surface area contributed by atoms with E-state index in [0.717, 1.165) is 0 Å². The Hall–Kier alpha value is -1.06. The van der Waals surface area contributed by atoms with Crippen molar-refractivity contribution in [2.24, 2.45) is 0 Å². The van der Waals surface area contributed by atoms with Gasteiger partial charge in [-0.25, -0.2) is 9.67 Å². The molecule has 0 saturated carbocycles. The summed E-state index contributed by atoms with van der Waals surface area (Å²) in [5.41, 5.74) is 0.663. The van der Waals surface area contributed by atoms with E-state index in [2.05, 4.69) is 10.1 Å². The number of benzene rings is 1. The molecule has 0 unspecified atom stereocenters. The second-order valence-electron chi connectivity index (χ2n) is 2.81. The van der Waals surface area contributed by atoms with Crippen LogP contribution in [0.15, 0.2) is 24.5 Å². The summed E-state index contributed by atoms with van der Waals surface area (Å²) in [6, 6.07) is 5.32. The molecule has 0 atom stereocenters. The van der Waals surface area contributed by atoms with E-state index in [9.17, 15) is 0 Å². The quantitative estimate of drug-likeness (QED) is 0.751. The molecular formula is C9H7Cl2N3. The van der Waals surface area contributed by atoms with Gasteiger partial charge in [0.15, 0.2) is 0 Å². The average Bonchev–Trinajstić information content (AvgIpc) is 2.51. The van der Waals surface area contributed by atoms with Crippen LogP contribution in [0.4, 0.5) is 0 Å². The molecule has 14 heavy (non-hydrogen) atoms. The summed E-state index contributed by atoms with van der Waals surface area (Å²) < 4.78 is 1.57. The van der Waals surface area contributed by atoms with Gasteiger partial charge in [0.1, 0.15) is 17.8 Å². The van der Waals surface area contributed by atoms with Crippen LogP contribution in [0.5, 0.6) is 0 Å². The second kappa shape index (κ2) is 3.59. The van der Waals surface area contributed by atoms with E-state index in [4.69, 9.17) is 23.2 Å². The van der Waals surface area contributed by atoms with E-state index in [1.165, 1.54) is 0 Å². The number of aromatic nitrogens is 3. The summed E-state index contributed by atoms with van der Waals surface area (Å²) in [7, 11) is 0. The van der Waals surface area contributed by atoms with Crippen molar-refractivity contribution in [2.75, 3.05) is 0 Å². The van der Waals surface area contributed by atoms with E-state index < -0.39 is 0 Å². The summed E-state index contributed by atoms with van der Waals surface area (Å²) in [6.45, 7) is 1.81. The highest BCUT2D eigenvalue weighted by molar-refractivity contribution is 6.37. The third kappa shape index (κ3) is 1.61. The predicted molar refractivity (Wildman–Crippen MR) is 56.1 cm³/mol. The van der Waals surface area contributed by atoms with Crippen LogP contribution < -0.4 is 0 Å². The molecule has 0 N–H and O–H groups in total. The topological polar surface area (TPSA) is 30.7 Å². The Morgan fingerprint density at radius 1 is 1.21 bits per heavy atom. The molecule has 72 valence electrons. The number of para-hydroxylation sites is 1. The number of aryl methyl sites for hydroxylation is 1. The summed E-state index contributed by atoms with van der Waals surface area (Å²) in [6.07, 6.45) is 1.59. The highest BCUT2D eigenvalue weighted by atomic mass is 35.5. The molecule has 0 saturated heterocycles. The zero-order valence-electron chi connectivity index (χ0n) is 7.41. The number of rotatable bonds is 1. The van der Waals surface area contributed by atoms with Crippen molar-refractivity contribution in [1.29, 1.82) is 0 Å². The Labute approximate surface area is 91.3 Å². The molecule has 0 aliphatic carbocycles. The molecule has 0 fully saturated rings. The van der Waals surface area contributed by atoms with E-state index in [1.807, 2.05) is 0 Å². The van der Waals surface area contributed by atoms with Gasteiger partial charge >= 0.3 is 0 Å². The Kier molecular flexibility index (Phi) is 2.44. The molecule has 0 radical (unpaired) electrons. The molecular weight excluding hydrogens is 221 g/mol. The fourth-order valence-corrected chi connectivity index (χ4v) is 1.73. The first kappa shape index (κ1) is 9.49. The molecule has 0 bridgehead atoms. The van der Waals surface area contributed by atoms with Crippen molar-refractivity contribution < 1.29 is 0 Å². The van der Waals surface area contributed by atoms with Crippen LogP contribution >= 0.6 is 23.2 Å². The minimum Gasteiger partial charge on any atom is -0.220 e. The first-order valence-electron chi connectivity index (χ1n) is 4.01. The van der Waals surface area contributed by atoms with Crippen molar-refractivity contribution >= 4 is 23.2 Å². The molecule has 0 amide bonds. The van der Waals surface area contributed by atoms with Crippen molar-refractivity contribution in [2.45, 2.75) is 6.92 Å². The van der Waals surface area contributed by atoms with Crippen molar-refractivity contribution in [1.82, 2.24) is 14.8 Å². The van der Waals surface area contributed by atoms with Crippen LogP contribution in [-0.2, 0) is 0 Å². The highest BCUT2D eigenvalue weighted by Gasteiger charge is 2.08. The normalized spacial score (nSPS) is 10.5. The lowest BCUT2D eigenvalue weighted by Crippen LogP contribution is -1.96. The maximum absolute atomic E-state index is 6.00. The lowest BCUT2D eigenvalue weighted by atomic mass is 10.3. The Balaban J connectivity index is 2.61. The minimum absolute atomic E-state index is 0.558. The van der Waals surface area contributed by atoms with E-state index in [1.54, 1.807) is 36.1 Å². The molecule has 0 aliphatic rings. The van der Waals surface area contributed by atoms with Crippen LogP contribution in [0.3, 0.4) is 0 Å². The van der Waals surface area contributed by atoms with Gasteiger partial charge in [-0.1, -0.05) is 29.3 Å². The van der Waals surface area contributed by atoms with E-state index in [-0.39, 0.29) is 0 Å². The molecule has 2 rings (SSSR count). The summed E-state index contributed by atoms with van der Waals surface area (Å²) in [4.78, 5) is 4.01. The maximum Gasteiger partial charge on any atom is 0.147 e. The van der Waals surface area contributed by atoms with E-state index >= 15 is 0 Å². The third-order valence-electron chi connectivity index (χ3n) is 1.77. The predicted octanol–water partition coefficient (Wildman–Crippen LogP) is 2.88. The number of halogens is 2. The molecule has 3 nitrogen and oxygen atoms in total. The molecule has 1 aromatic heterocycles. The van der Waals surface area contributed by atoms with Gasteiger partial charge in [-0.3, -0.25) is 0 Å². The van der Waals surface area contributed by atoms with Crippen molar-refractivity contribution in [3.8, 4) is 5.69 Å². The van der Waals surface area contributed by atoms with Crippen molar-refractivity contribution in [3.63, 3.8) is 0 Å². The van der Waals surface area contributed by atoms with Gasteiger partial charge < -0.3 is 0 Å². The fraction of sp³-hybridized carbons (Fsp3) is 0.111. The highest BCUT2D eigenvalue weighted by Crippen LogP contribution is 2.27. The monoisotopic (exact) mass is 227 g/mol. The largest absolute Gasteiger partial charge is 0.220 e. The lowest BCUT2D eigenvalue weighted by molar-refractivity contribution is 0.863. The van der Waals surface area contributed by atoms with Crippen LogP contribution in [0.2, 0.25) is 10.0 Å². The second-order valence-corrected chi connectivity index (χ2v) is 3.62. The van der Waals surface area contributed by atoms with Gasteiger partial charge in [-0.2, -0.15) is 5.10 Å². The van der Waals surface area contributed by atoms with Gasteiger partial charge in [-0.15, -0.1) is 0 Å². The molecule has 0 aliphatic heterocycles. The first-order chi connectivity index (χ1) is 6.68. The van der Waals surface area contributed by atoms with E-state index in [0.29, 0.717) is 21.6 Å². The zero-order chi connectivity index (χ0) is 10.1. The SMILES string of the molecule is Cc1ncn(-c2c(Cl)cccc2Cl)n1. The molecule has 1 heterocycles. The smallest absolute Gasteiger partial charge is 0.147 e. The number of hydrogen-bond donors (Lipinski definition) is 0. The standard InChI is InChI=1S/C9H7Cl2N3/c1-6-12-5-14(13-6)9-7(10)3-2-4-8(9)11/h2-5H,1H3. The Morgan fingerprint density at radius 3 is 2.36 bits per heavy atom. The first-order valence-corrected chi connectivity index (χ1v) is 4.77. The Bertz CT molecular complexity index is 445. The molecule has 0 spiro atoms. The Morgan fingerprint density at radius 2 is 1.86 bits per heavy atom. The fourth-order valence-electron chi connectivity index (χ4n) is 1.16. The maximum atomic E-state index is 6.00. The van der Waals surface area contributed by atoms with Crippen LogP contribution in [0.25, 0.3) is 5.69 Å².